The molecule has 1 heteroatoms. The Morgan fingerprint density at radius 1 is 1.08 bits per heavy atom. The van der Waals surface area contributed by atoms with Crippen molar-refractivity contribution in [3.8, 4) is 0 Å². The molecular formula is C11H22S. The molecule has 0 amide bonds. The Morgan fingerprint density at radius 3 is 2.25 bits per heavy atom. The van der Waals surface area contributed by atoms with E-state index in [2.05, 4.69) is 20.8 Å². The van der Waals surface area contributed by atoms with Crippen molar-refractivity contribution < 1.29 is 0 Å². The summed E-state index contributed by atoms with van der Waals surface area (Å²) >= 11 is 4.80. The van der Waals surface area contributed by atoms with Crippen molar-refractivity contribution >= 4 is 17.6 Å². The van der Waals surface area contributed by atoms with E-state index in [9.17, 15) is 0 Å². The topological polar surface area (TPSA) is 0 Å². The van der Waals surface area contributed by atoms with E-state index in [1.54, 1.807) is 0 Å². The van der Waals surface area contributed by atoms with Gasteiger partial charge in [0.05, 0.1) is 0 Å². The maximum atomic E-state index is 4.80. The van der Waals surface area contributed by atoms with E-state index in [1.165, 1.54) is 25.7 Å². The second-order valence-electron chi connectivity index (χ2n) is 4.17. The molecule has 0 aliphatic rings. The minimum atomic E-state index is 0.864. The van der Waals surface area contributed by atoms with E-state index in [0.29, 0.717) is 0 Å². The number of hydrogen-bond acceptors (Lipinski definition) is 1. The smallest absolute Gasteiger partial charge is 0.0210 e. The third kappa shape index (κ3) is 8.19. The first-order valence-electron chi connectivity index (χ1n) is 5.10. The first-order valence-corrected chi connectivity index (χ1v) is 5.57. The molecule has 0 nitrogen and oxygen atoms in total. The molecule has 12 heavy (non-hydrogen) atoms. The van der Waals surface area contributed by atoms with Gasteiger partial charge in [-0.3, -0.25) is 0 Å². The van der Waals surface area contributed by atoms with Gasteiger partial charge in [0.25, 0.3) is 0 Å². The molecular weight excluding hydrogens is 164 g/mol. The molecule has 0 rings (SSSR count). The second-order valence-corrected chi connectivity index (χ2v) is 4.51. The van der Waals surface area contributed by atoms with Crippen LogP contribution in [0, 0.1) is 11.8 Å². The predicted octanol–water partition coefficient (Wildman–Crippen LogP) is 4.23. The first-order chi connectivity index (χ1) is 5.66. The van der Waals surface area contributed by atoms with Crippen LogP contribution in [0.4, 0.5) is 0 Å². The Morgan fingerprint density at radius 2 is 1.75 bits per heavy atom. The second kappa shape index (κ2) is 7.72. The molecule has 0 aromatic rings. The molecule has 0 aliphatic heterocycles. The van der Waals surface area contributed by atoms with Crippen molar-refractivity contribution in [1.29, 1.82) is 0 Å². The van der Waals surface area contributed by atoms with Crippen LogP contribution in [0.3, 0.4) is 0 Å². The van der Waals surface area contributed by atoms with Crippen LogP contribution >= 0.6 is 12.2 Å². The van der Waals surface area contributed by atoms with Crippen LogP contribution in [0.1, 0.15) is 52.9 Å². The Kier molecular flexibility index (Phi) is 7.78. The average Bonchev–Trinajstić information content (AvgIpc) is 2.00. The monoisotopic (exact) mass is 186 g/mol. The van der Waals surface area contributed by atoms with Gasteiger partial charge in [-0.1, -0.05) is 52.3 Å². The summed E-state index contributed by atoms with van der Waals surface area (Å²) in [6.07, 6.45) is 6.53. The SMILES string of the molecule is CC(C)CCCC(C)CCC=S. The van der Waals surface area contributed by atoms with Crippen LogP contribution in [0.5, 0.6) is 0 Å². The Balaban J connectivity index is 3.18. The van der Waals surface area contributed by atoms with Crippen molar-refractivity contribution in [3.05, 3.63) is 0 Å². The molecule has 72 valence electrons. The highest BCUT2D eigenvalue weighted by atomic mass is 32.1. The summed E-state index contributed by atoms with van der Waals surface area (Å²) in [7, 11) is 0. The van der Waals surface area contributed by atoms with Crippen LogP contribution < -0.4 is 0 Å². The Labute approximate surface area is 82.7 Å². The normalized spacial score (nSPS) is 13.3. The summed E-state index contributed by atoms with van der Waals surface area (Å²) in [6.45, 7) is 6.92. The summed E-state index contributed by atoms with van der Waals surface area (Å²) in [4.78, 5) is 0. The van der Waals surface area contributed by atoms with E-state index >= 15 is 0 Å². The number of rotatable bonds is 7. The van der Waals surface area contributed by atoms with E-state index in [-0.39, 0.29) is 0 Å². The zero-order chi connectivity index (χ0) is 9.40. The highest BCUT2D eigenvalue weighted by Gasteiger charge is 2.01. The van der Waals surface area contributed by atoms with Crippen molar-refractivity contribution in [2.45, 2.75) is 52.9 Å². The van der Waals surface area contributed by atoms with Crippen LogP contribution in [0.25, 0.3) is 0 Å². The van der Waals surface area contributed by atoms with Gasteiger partial charge in [-0.15, -0.1) is 0 Å². The molecule has 0 saturated heterocycles. The van der Waals surface area contributed by atoms with E-state index < -0.39 is 0 Å². The molecule has 1 unspecified atom stereocenters. The van der Waals surface area contributed by atoms with Crippen LogP contribution in [-0.2, 0) is 0 Å². The van der Waals surface area contributed by atoms with Crippen LogP contribution in [0.2, 0.25) is 0 Å². The van der Waals surface area contributed by atoms with Gasteiger partial charge < -0.3 is 0 Å². The predicted molar refractivity (Wildman–Crippen MR) is 60.7 cm³/mol. The third-order valence-electron chi connectivity index (χ3n) is 2.26. The molecule has 0 spiro atoms. The molecule has 0 aromatic carbocycles. The van der Waals surface area contributed by atoms with Gasteiger partial charge in [0.1, 0.15) is 0 Å². The molecule has 0 aromatic heterocycles. The molecule has 0 fully saturated rings. The fourth-order valence-electron chi connectivity index (χ4n) is 1.37. The number of hydrogen-bond donors (Lipinski definition) is 0. The zero-order valence-electron chi connectivity index (χ0n) is 8.68. The lowest BCUT2D eigenvalue weighted by Gasteiger charge is -2.10. The Hall–Kier alpha value is 0.0900. The van der Waals surface area contributed by atoms with Gasteiger partial charge in [-0.2, -0.15) is 0 Å². The molecule has 0 bridgehead atoms. The standard InChI is InChI=1S/C11H22S/c1-10(2)6-4-7-11(3)8-5-9-12/h9-11H,4-8H2,1-3H3. The van der Waals surface area contributed by atoms with Crippen molar-refractivity contribution in [3.63, 3.8) is 0 Å². The molecule has 1 atom stereocenters. The lowest BCUT2D eigenvalue weighted by Crippen LogP contribution is -1.96. The largest absolute Gasteiger partial charge is 0.0935 e. The number of thiocarbonyl (C=S) groups is 1. The molecule has 0 N–H and O–H groups in total. The highest BCUT2D eigenvalue weighted by Crippen LogP contribution is 2.15. The average molecular weight is 186 g/mol. The van der Waals surface area contributed by atoms with Crippen LogP contribution in [-0.4, -0.2) is 5.37 Å². The summed E-state index contributed by atoms with van der Waals surface area (Å²) < 4.78 is 0. The Bertz CT molecular complexity index is 108. The van der Waals surface area contributed by atoms with Gasteiger partial charge in [-0.25, -0.2) is 0 Å². The summed E-state index contributed by atoms with van der Waals surface area (Å²) in [6, 6.07) is 0. The lowest BCUT2D eigenvalue weighted by atomic mass is 9.96. The molecule has 0 saturated carbocycles. The maximum absolute atomic E-state index is 4.80. The fourth-order valence-corrected chi connectivity index (χ4v) is 1.51. The minimum absolute atomic E-state index is 0.864. The van der Waals surface area contributed by atoms with Gasteiger partial charge in [-0.05, 0) is 30.0 Å². The van der Waals surface area contributed by atoms with E-state index in [1.807, 2.05) is 5.37 Å². The van der Waals surface area contributed by atoms with E-state index in [4.69, 9.17) is 12.2 Å². The third-order valence-corrected chi connectivity index (χ3v) is 2.49. The molecule has 0 radical (unpaired) electrons. The minimum Gasteiger partial charge on any atom is -0.0935 e. The quantitative estimate of drug-likeness (QED) is 0.536. The maximum Gasteiger partial charge on any atom is -0.0210 e. The summed E-state index contributed by atoms with van der Waals surface area (Å²) in [5, 5.41) is 1.86. The van der Waals surface area contributed by atoms with Gasteiger partial charge in [0.15, 0.2) is 0 Å². The zero-order valence-corrected chi connectivity index (χ0v) is 9.49. The van der Waals surface area contributed by atoms with Crippen molar-refractivity contribution in [2.75, 3.05) is 0 Å². The fraction of sp³-hybridized carbons (Fsp3) is 0.909. The first kappa shape index (κ1) is 12.1. The molecule has 0 heterocycles. The van der Waals surface area contributed by atoms with Gasteiger partial charge in [0, 0.05) is 0 Å². The molecule has 0 aliphatic carbocycles. The van der Waals surface area contributed by atoms with Gasteiger partial charge in [0.2, 0.25) is 0 Å². The summed E-state index contributed by atoms with van der Waals surface area (Å²) in [5.41, 5.74) is 0. The lowest BCUT2D eigenvalue weighted by molar-refractivity contribution is 0.443. The van der Waals surface area contributed by atoms with Gasteiger partial charge >= 0.3 is 0 Å². The summed E-state index contributed by atoms with van der Waals surface area (Å²) in [5.74, 6) is 1.73. The van der Waals surface area contributed by atoms with Crippen LogP contribution in [0.15, 0.2) is 0 Å². The van der Waals surface area contributed by atoms with Crippen molar-refractivity contribution in [2.24, 2.45) is 11.8 Å². The van der Waals surface area contributed by atoms with Crippen molar-refractivity contribution in [1.82, 2.24) is 0 Å². The van der Waals surface area contributed by atoms with E-state index in [0.717, 1.165) is 18.3 Å². The highest BCUT2D eigenvalue weighted by molar-refractivity contribution is 7.78.